The number of carbonyl (C=O) groups is 2. The predicted molar refractivity (Wildman–Crippen MR) is 67.2 cm³/mol. The number of carboxylic acids is 1. The highest BCUT2D eigenvalue weighted by Crippen LogP contribution is 2.35. The summed E-state index contributed by atoms with van der Waals surface area (Å²) in [6.07, 6.45) is 3.85. The summed E-state index contributed by atoms with van der Waals surface area (Å²) in [5.74, 6) is -0.359. The van der Waals surface area contributed by atoms with Crippen molar-refractivity contribution < 1.29 is 14.7 Å². The molecule has 102 valence electrons. The van der Waals surface area contributed by atoms with Gasteiger partial charge >= 0.3 is 5.97 Å². The molecular weight excluding hydrogens is 232 g/mol. The molecule has 2 rings (SSSR count). The maximum atomic E-state index is 12.6. The molecule has 2 fully saturated rings. The van der Waals surface area contributed by atoms with Crippen molar-refractivity contribution in [2.75, 3.05) is 26.2 Å². The SMILES string of the molecule is CCC1(C(=O)N(CC(=O)O)CC2CC2)CCNC1. The van der Waals surface area contributed by atoms with Crippen LogP contribution in [0.4, 0.5) is 0 Å². The molecule has 0 aromatic rings. The highest BCUT2D eigenvalue weighted by molar-refractivity contribution is 5.86. The van der Waals surface area contributed by atoms with E-state index in [4.69, 9.17) is 5.11 Å². The molecule has 2 N–H and O–H groups in total. The van der Waals surface area contributed by atoms with Gasteiger partial charge < -0.3 is 15.3 Å². The number of nitrogens with one attached hydrogen (secondary N) is 1. The molecule has 5 nitrogen and oxygen atoms in total. The second-order valence-corrected chi connectivity index (χ2v) is 5.58. The van der Waals surface area contributed by atoms with Crippen LogP contribution in [0.5, 0.6) is 0 Å². The van der Waals surface area contributed by atoms with Crippen LogP contribution in [0.25, 0.3) is 0 Å². The van der Waals surface area contributed by atoms with Crippen molar-refractivity contribution in [1.29, 1.82) is 0 Å². The zero-order valence-corrected chi connectivity index (χ0v) is 10.9. The van der Waals surface area contributed by atoms with Crippen LogP contribution in [-0.4, -0.2) is 48.1 Å². The summed E-state index contributed by atoms with van der Waals surface area (Å²) in [6, 6.07) is 0. The first-order valence-corrected chi connectivity index (χ1v) is 6.79. The number of carboxylic acid groups (broad SMARTS) is 1. The van der Waals surface area contributed by atoms with Crippen LogP contribution in [0.2, 0.25) is 0 Å². The predicted octanol–water partition coefficient (Wildman–Crippen LogP) is 0.699. The van der Waals surface area contributed by atoms with E-state index in [0.717, 1.165) is 32.2 Å². The first kappa shape index (κ1) is 13.3. The fourth-order valence-corrected chi connectivity index (χ4v) is 2.71. The molecule has 1 aliphatic heterocycles. The van der Waals surface area contributed by atoms with Crippen LogP contribution in [0.3, 0.4) is 0 Å². The van der Waals surface area contributed by atoms with Crippen LogP contribution in [0.15, 0.2) is 0 Å². The fraction of sp³-hybridized carbons (Fsp3) is 0.846. The number of nitrogens with zero attached hydrogens (tertiary/aromatic N) is 1. The Morgan fingerprint density at radius 3 is 2.61 bits per heavy atom. The average molecular weight is 254 g/mol. The Balaban J connectivity index is 2.07. The standard InChI is InChI=1S/C13H22N2O3/c1-2-13(5-6-14-9-13)12(18)15(8-11(16)17)7-10-3-4-10/h10,14H,2-9H2,1H3,(H,16,17). The molecule has 1 amide bonds. The number of rotatable bonds is 6. The monoisotopic (exact) mass is 254 g/mol. The maximum Gasteiger partial charge on any atom is 0.323 e. The van der Waals surface area contributed by atoms with Crippen LogP contribution in [0, 0.1) is 11.3 Å². The number of hydrogen-bond donors (Lipinski definition) is 2. The van der Waals surface area contributed by atoms with Gasteiger partial charge in [0.1, 0.15) is 6.54 Å². The molecule has 0 radical (unpaired) electrons. The van der Waals surface area contributed by atoms with Gasteiger partial charge in [0.2, 0.25) is 5.91 Å². The molecule has 2 aliphatic rings. The molecule has 5 heteroatoms. The third-order valence-corrected chi connectivity index (χ3v) is 4.16. The number of hydrogen-bond acceptors (Lipinski definition) is 3. The molecule has 1 unspecified atom stereocenters. The summed E-state index contributed by atoms with van der Waals surface area (Å²) in [5, 5.41) is 12.2. The molecule has 1 saturated carbocycles. The smallest absolute Gasteiger partial charge is 0.323 e. The van der Waals surface area contributed by atoms with Gasteiger partial charge in [0, 0.05) is 13.1 Å². The van der Waals surface area contributed by atoms with Gasteiger partial charge in [0.05, 0.1) is 5.41 Å². The highest BCUT2D eigenvalue weighted by Gasteiger charge is 2.43. The topological polar surface area (TPSA) is 69.6 Å². The summed E-state index contributed by atoms with van der Waals surface area (Å²) in [5.41, 5.74) is -0.371. The van der Waals surface area contributed by atoms with Crippen molar-refractivity contribution in [1.82, 2.24) is 10.2 Å². The van der Waals surface area contributed by atoms with E-state index < -0.39 is 5.97 Å². The molecule has 0 spiro atoms. The minimum atomic E-state index is -0.916. The molecule has 18 heavy (non-hydrogen) atoms. The van der Waals surface area contributed by atoms with Gasteiger partial charge in [-0.3, -0.25) is 9.59 Å². The van der Waals surface area contributed by atoms with E-state index >= 15 is 0 Å². The Morgan fingerprint density at radius 2 is 2.17 bits per heavy atom. The zero-order chi connectivity index (χ0) is 13.2. The zero-order valence-electron chi connectivity index (χ0n) is 10.9. The Labute approximate surface area is 108 Å². The first-order chi connectivity index (χ1) is 8.57. The Kier molecular flexibility index (Phi) is 3.90. The van der Waals surface area contributed by atoms with Crippen molar-refractivity contribution in [2.24, 2.45) is 11.3 Å². The molecule has 0 aromatic carbocycles. The summed E-state index contributed by atoms with van der Waals surface area (Å²) in [4.78, 5) is 25.1. The lowest BCUT2D eigenvalue weighted by Crippen LogP contribution is -2.47. The van der Waals surface area contributed by atoms with E-state index in [1.807, 2.05) is 6.92 Å². The minimum absolute atomic E-state index is 0.0318. The van der Waals surface area contributed by atoms with Gasteiger partial charge in [-0.15, -0.1) is 0 Å². The second-order valence-electron chi connectivity index (χ2n) is 5.58. The van der Waals surface area contributed by atoms with Crippen molar-refractivity contribution in [2.45, 2.75) is 32.6 Å². The third kappa shape index (κ3) is 2.83. The van der Waals surface area contributed by atoms with Crippen molar-refractivity contribution in [3.8, 4) is 0 Å². The summed E-state index contributed by atoms with van der Waals surface area (Å²) >= 11 is 0. The van der Waals surface area contributed by atoms with E-state index in [1.165, 1.54) is 0 Å². The third-order valence-electron chi connectivity index (χ3n) is 4.16. The van der Waals surface area contributed by atoms with Gasteiger partial charge in [-0.2, -0.15) is 0 Å². The lowest BCUT2D eigenvalue weighted by atomic mass is 9.82. The van der Waals surface area contributed by atoms with Gasteiger partial charge in [-0.1, -0.05) is 6.92 Å². The number of aliphatic carboxylic acids is 1. The summed E-state index contributed by atoms with van der Waals surface area (Å²) < 4.78 is 0. The molecule has 1 heterocycles. The van der Waals surface area contributed by atoms with E-state index in [2.05, 4.69) is 5.32 Å². The van der Waals surface area contributed by atoms with Crippen LogP contribution in [-0.2, 0) is 9.59 Å². The molecule has 0 bridgehead atoms. The lowest BCUT2D eigenvalue weighted by molar-refractivity contribution is -0.149. The van der Waals surface area contributed by atoms with Gasteiger partial charge in [-0.05, 0) is 38.1 Å². The summed E-state index contributed by atoms with van der Waals surface area (Å²) in [7, 11) is 0. The number of amides is 1. The van der Waals surface area contributed by atoms with Crippen molar-refractivity contribution >= 4 is 11.9 Å². The van der Waals surface area contributed by atoms with Crippen molar-refractivity contribution in [3.05, 3.63) is 0 Å². The van der Waals surface area contributed by atoms with E-state index in [9.17, 15) is 9.59 Å². The first-order valence-electron chi connectivity index (χ1n) is 6.79. The maximum absolute atomic E-state index is 12.6. The molecule has 1 atom stereocenters. The largest absolute Gasteiger partial charge is 0.480 e. The van der Waals surface area contributed by atoms with E-state index in [0.29, 0.717) is 19.0 Å². The lowest BCUT2D eigenvalue weighted by Gasteiger charge is -2.32. The van der Waals surface area contributed by atoms with Gasteiger partial charge in [-0.25, -0.2) is 0 Å². The average Bonchev–Trinajstić information content (AvgIpc) is 3.02. The Morgan fingerprint density at radius 1 is 1.44 bits per heavy atom. The van der Waals surface area contributed by atoms with Crippen molar-refractivity contribution in [3.63, 3.8) is 0 Å². The Hall–Kier alpha value is -1.10. The van der Waals surface area contributed by atoms with Gasteiger partial charge in [0.25, 0.3) is 0 Å². The quantitative estimate of drug-likeness (QED) is 0.732. The molecular formula is C13H22N2O3. The second kappa shape index (κ2) is 5.26. The summed E-state index contributed by atoms with van der Waals surface area (Å²) in [6.45, 7) is 4.01. The van der Waals surface area contributed by atoms with E-state index in [-0.39, 0.29) is 17.9 Å². The van der Waals surface area contributed by atoms with E-state index in [1.54, 1.807) is 4.90 Å². The van der Waals surface area contributed by atoms with Crippen LogP contribution in [0.1, 0.15) is 32.6 Å². The Bertz CT molecular complexity index is 333. The van der Waals surface area contributed by atoms with Crippen LogP contribution < -0.4 is 5.32 Å². The molecule has 0 aromatic heterocycles. The minimum Gasteiger partial charge on any atom is -0.480 e. The highest BCUT2D eigenvalue weighted by atomic mass is 16.4. The normalized spacial score (nSPS) is 27.2. The van der Waals surface area contributed by atoms with Gasteiger partial charge in [0.15, 0.2) is 0 Å². The number of carbonyl (C=O) groups excluding carboxylic acids is 1. The fourth-order valence-electron chi connectivity index (χ4n) is 2.71. The molecule has 1 saturated heterocycles. The molecule has 1 aliphatic carbocycles. The van der Waals surface area contributed by atoms with Crippen LogP contribution >= 0.6 is 0 Å².